The molecule has 138 valence electrons. The molecule has 1 aliphatic rings. The summed E-state index contributed by atoms with van der Waals surface area (Å²) in [6.45, 7) is 0. The van der Waals surface area contributed by atoms with Gasteiger partial charge in [-0.3, -0.25) is 0 Å². The summed E-state index contributed by atoms with van der Waals surface area (Å²) in [6, 6.07) is 17.1. The van der Waals surface area contributed by atoms with Gasteiger partial charge in [0, 0.05) is 22.7 Å². The van der Waals surface area contributed by atoms with E-state index >= 15 is 0 Å². The van der Waals surface area contributed by atoms with Crippen LogP contribution in [0, 0.1) is 0 Å². The molecular formula is C21H21ClN4O. The van der Waals surface area contributed by atoms with Crippen molar-refractivity contribution in [1.82, 2.24) is 9.97 Å². The van der Waals surface area contributed by atoms with Gasteiger partial charge in [-0.05, 0) is 31.0 Å². The van der Waals surface area contributed by atoms with Gasteiger partial charge in [0.15, 0.2) is 0 Å². The van der Waals surface area contributed by atoms with Crippen molar-refractivity contribution in [3.63, 3.8) is 0 Å². The average Bonchev–Trinajstić information content (AvgIpc) is 3.18. The number of anilines is 3. The van der Waals surface area contributed by atoms with Gasteiger partial charge in [-0.2, -0.15) is 4.98 Å². The Labute approximate surface area is 163 Å². The molecule has 0 amide bonds. The van der Waals surface area contributed by atoms with Crippen LogP contribution in [0.3, 0.4) is 0 Å². The molecule has 0 saturated heterocycles. The lowest BCUT2D eigenvalue weighted by molar-refractivity contribution is 0.477. The Morgan fingerprint density at radius 3 is 2.52 bits per heavy atom. The van der Waals surface area contributed by atoms with Gasteiger partial charge >= 0.3 is 0 Å². The number of nitrogens with zero attached hydrogens (tertiary/aromatic N) is 2. The maximum atomic E-state index is 10.1. The summed E-state index contributed by atoms with van der Waals surface area (Å²) in [5, 5.41) is 17.3. The number of hydrogen-bond acceptors (Lipinski definition) is 5. The van der Waals surface area contributed by atoms with E-state index in [1.54, 1.807) is 18.2 Å². The predicted molar refractivity (Wildman–Crippen MR) is 110 cm³/mol. The number of aromatic nitrogens is 2. The van der Waals surface area contributed by atoms with Crippen LogP contribution in [0.4, 0.5) is 17.5 Å². The van der Waals surface area contributed by atoms with Crippen LogP contribution in [0.2, 0.25) is 5.02 Å². The topological polar surface area (TPSA) is 70.1 Å². The zero-order valence-corrected chi connectivity index (χ0v) is 15.6. The van der Waals surface area contributed by atoms with E-state index in [1.165, 1.54) is 12.8 Å². The molecule has 1 aromatic heterocycles. The lowest BCUT2D eigenvalue weighted by Crippen LogP contribution is -2.17. The van der Waals surface area contributed by atoms with E-state index in [4.69, 9.17) is 16.6 Å². The molecule has 1 saturated carbocycles. The van der Waals surface area contributed by atoms with E-state index in [1.807, 2.05) is 36.4 Å². The van der Waals surface area contributed by atoms with Gasteiger partial charge in [-0.25, -0.2) is 4.98 Å². The smallest absolute Gasteiger partial charge is 0.225 e. The SMILES string of the molecule is Oc1ccc(Cl)cc1Nc1cc(-c2ccccc2)nc(NC2CCCC2)n1. The van der Waals surface area contributed by atoms with Gasteiger partial charge in [0.25, 0.3) is 0 Å². The standard InChI is InChI=1S/C21H21ClN4O/c22-15-10-11-19(27)18(12-15)24-20-13-17(14-6-2-1-3-7-14)25-21(26-20)23-16-8-4-5-9-16/h1-3,6-7,10-13,16,27H,4-5,8-9H2,(H2,23,24,25,26). The molecule has 1 fully saturated rings. The Kier molecular flexibility index (Phi) is 5.12. The summed E-state index contributed by atoms with van der Waals surface area (Å²) in [5.74, 6) is 1.30. The van der Waals surface area contributed by atoms with Crippen LogP contribution in [0.5, 0.6) is 5.75 Å². The normalized spacial score (nSPS) is 14.3. The average molecular weight is 381 g/mol. The Morgan fingerprint density at radius 2 is 1.74 bits per heavy atom. The minimum absolute atomic E-state index is 0.115. The van der Waals surface area contributed by atoms with E-state index in [9.17, 15) is 5.11 Å². The molecule has 2 aromatic carbocycles. The molecule has 0 bridgehead atoms. The van der Waals surface area contributed by atoms with Crippen molar-refractivity contribution in [3.8, 4) is 17.0 Å². The third-order valence-corrected chi connectivity index (χ3v) is 4.94. The summed E-state index contributed by atoms with van der Waals surface area (Å²) in [6.07, 6.45) is 4.74. The van der Waals surface area contributed by atoms with Crippen molar-refractivity contribution in [3.05, 3.63) is 59.6 Å². The third-order valence-electron chi connectivity index (χ3n) is 4.71. The van der Waals surface area contributed by atoms with Gasteiger partial charge in [0.1, 0.15) is 11.6 Å². The van der Waals surface area contributed by atoms with Crippen molar-refractivity contribution in [2.75, 3.05) is 10.6 Å². The molecule has 27 heavy (non-hydrogen) atoms. The third kappa shape index (κ3) is 4.31. The van der Waals surface area contributed by atoms with Gasteiger partial charge in [-0.1, -0.05) is 54.8 Å². The number of nitrogens with one attached hydrogen (secondary N) is 2. The second-order valence-corrected chi connectivity index (χ2v) is 7.18. The Balaban J connectivity index is 1.69. The molecule has 0 aliphatic heterocycles. The molecule has 5 nitrogen and oxygen atoms in total. The zero-order valence-electron chi connectivity index (χ0n) is 14.8. The minimum atomic E-state index is 0.115. The molecular weight excluding hydrogens is 360 g/mol. The van der Waals surface area contributed by atoms with Crippen LogP contribution in [0.15, 0.2) is 54.6 Å². The van der Waals surface area contributed by atoms with Gasteiger partial charge < -0.3 is 15.7 Å². The maximum absolute atomic E-state index is 10.1. The van der Waals surface area contributed by atoms with Crippen molar-refractivity contribution in [2.24, 2.45) is 0 Å². The molecule has 3 aromatic rings. The summed E-state index contributed by atoms with van der Waals surface area (Å²) in [4.78, 5) is 9.30. The maximum Gasteiger partial charge on any atom is 0.225 e. The molecule has 1 aliphatic carbocycles. The van der Waals surface area contributed by atoms with Crippen LogP contribution < -0.4 is 10.6 Å². The summed E-state index contributed by atoms with van der Waals surface area (Å²) in [7, 11) is 0. The van der Waals surface area contributed by atoms with Crippen LogP contribution in [-0.2, 0) is 0 Å². The molecule has 0 spiro atoms. The second-order valence-electron chi connectivity index (χ2n) is 6.74. The Morgan fingerprint density at radius 1 is 0.963 bits per heavy atom. The molecule has 6 heteroatoms. The van der Waals surface area contributed by atoms with Gasteiger partial charge in [0.2, 0.25) is 5.95 Å². The van der Waals surface area contributed by atoms with Crippen LogP contribution >= 0.6 is 11.6 Å². The van der Waals surface area contributed by atoms with Gasteiger partial charge in [-0.15, -0.1) is 0 Å². The second kappa shape index (κ2) is 7.84. The Hall–Kier alpha value is -2.79. The van der Waals surface area contributed by atoms with E-state index in [-0.39, 0.29) is 5.75 Å². The van der Waals surface area contributed by atoms with Crippen molar-refractivity contribution < 1.29 is 5.11 Å². The first-order chi connectivity index (χ1) is 13.2. The monoisotopic (exact) mass is 380 g/mol. The predicted octanol–water partition coefficient (Wildman–Crippen LogP) is 5.60. The molecule has 4 rings (SSSR count). The van der Waals surface area contributed by atoms with Crippen molar-refractivity contribution in [2.45, 2.75) is 31.7 Å². The zero-order chi connectivity index (χ0) is 18.6. The van der Waals surface area contributed by atoms with E-state index < -0.39 is 0 Å². The molecule has 0 unspecified atom stereocenters. The highest BCUT2D eigenvalue weighted by atomic mass is 35.5. The van der Waals surface area contributed by atoms with Crippen LogP contribution in [-0.4, -0.2) is 21.1 Å². The number of rotatable bonds is 5. The number of benzene rings is 2. The van der Waals surface area contributed by atoms with Gasteiger partial charge in [0.05, 0.1) is 11.4 Å². The minimum Gasteiger partial charge on any atom is -0.506 e. The number of phenols is 1. The van der Waals surface area contributed by atoms with Crippen LogP contribution in [0.1, 0.15) is 25.7 Å². The first kappa shape index (κ1) is 17.6. The van der Waals surface area contributed by atoms with E-state index in [2.05, 4.69) is 15.6 Å². The molecule has 0 radical (unpaired) electrons. The fourth-order valence-corrected chi connectivity index (χ4v) is 3.50. The number of hydrogen-bond donors (Lipinski definition) is 3. The lowest BCUT2D eigenvalue weighted by Gasteiger charge is -2.15. The highest BCUT2D eigenvalue weighted by Gasteiger charge is 2.17. The fraction of sp³-hybridized carbons (Fsp3) is 0.238. The first-order valence-corrected chi connectivity index (χ1v) is 9.52. The number of halogens is 1. The highest BCUT2D eigenvalue weighted by molar-refractivity contribution is 6.31. The van der Waals surface area contributed by atoms with Crippen molar-refractivity contribution in [1.29, 1.82) is 0 Å². The summed E-state index contributed by atoms with van der Waals surface area (Å²) < 4.78 is 0. The lowest BCUT2D eigenvalue weighted by atomic mass is 10.1. The largest absolute Gasteiger partial charge is 0.506 e. The summed E-state index contributed by atoms with van der Waals surface area (Å²) in [5.41, 5.74) is 2.33. The molecule has 0 atom stereocenters. The summed E-state index contributed by atoms with van der Waals surface area (Å²) >= 11 is 6.06. The van der Waals surface area contributed by atoms with Crippen LogP contribution in [0.25, 0.3) is 11.3 Å². The number of aromatic hydroxyl groups is 1. The fourth-order valence-electron chi connectivity index (χ4n) is 3.33. The molecule has 3 N–H and O–H groups in total. The van der Waals surface area contributed by atoms with E-state index in [0.717, 1.165) is 24.1 Å². The Bertz CT molecular complexity index is 927. The van der Waals surface area contributed by atoms with Crippen molar-refractivity contribution >= 4 is 29.1 Å². The first-order valence-electron chi connectivity index (χ1n) is 9.14. The number of phenolic OH excluding ortho intramolecular Hbond substituents is 1. The van der Waals surface area contributed by atoms with E-state index in [0.29, 0.717) is 28.5 Å². The molecule has 1 heterocycles. The highest BCUT2D eigenvalue weighted by Crippen LogP contribution is 2.31. The quantitative estimate of drug-likeness (QED) is 0.502.